The first-order chi connectivity index (χ1) is 15.0. The van der Waals surface area contributed by atoms with Gasteiger partial charge in [0.15, 0.2) is 17.5 Å². The number of nitrogens with one attached hydrogen (secondary N) is 2. The maximum Gasteiger partial charge on any atom is 0.246 e. The van der Waals surface area contributed by atoms with Crippen molar-refractivity contribution in [3.63, 3.8) is 0 Å². The number of aryl methyl sites for hydroxylation is 1. The summed E-state index contributed by atoms with van der Waals surface area (Å²) in [4.78, 5) is 28.0. The molecule has 0 aliphatic heterocycles. The van der Waals surface area contributed by atoms with Gasteiger partial charge >= 0.3 is 0 Å². The van der Waals surface area contributed by atoms with Gasteiger partial charge in [0.25, 0.3) is 0 Å². The number of benzene rings is 2. The summed E-state index contributed by atoms with van der Waals surface area (Å²) < 4.78 is 33.3. The van der Waals surface area contributed by atoms with E-state index in [2.05, 4.69) is 15.6 Å². The van der Waals surface area contributed by atoms with Crippen molar-refractivity contribution in [2.45, 2.75) is 18.2 Å². The number of ether oxygens (including phenoxy) is 2. The number of nitrogens with zero attached hydrogens (tertiary/aromatic N) is 1. The molecule has 0 atom stereocenters. The van der Waals surface area contributed by atoms with Gasteiger partial charge in [0, 0.05) is 5.69 Å². The third-order valence-electron chi connectivity index (χ3n) is 4.28. The van der Waals surface area contributed by atoms with Crippen LogP contribution in [0.1, 0.15) is 11.1 Å². The van der Waals surface area contributed by atoms with E-state index in [0.29, 0.717) is 22.6 Å². The van der Waals surface area contributed by atoms with Crippen molar-refractivity contribution in [1.82, 2.24) is 5.32 Å². The summed E-state index contributed by atoms with van der Waals surface area (Å²) >= 11 is 0. The van der Waals surface area contributed by atoms with E-state index in [9.17, 15) is 18.0 Å². The number of nitrogens with two attached hydrogens (primary N) is 2. The molecule has 0 aliphatic carbocycles. The highest BCUT2D eigenvalue weighted by atomic mass is 32.2. The van der Waals surface area contributed by atoms with Gasteiger partial charge in [-0.3, -0.25) is 14.9 Å². The van der Waals surface area contributed by atoms with Gasteiger partial charge in [-0.25, -0.2) is 18.5 Å². The van der Waals surface area contributed by atoms with E-state index in [1.54, 1.807) is 25.1 Å². The average molecular weight is 464 g/mol. The Morgan fingerprint density at radius 3 is 2.34 bits per heavy atom. The number of aliphatic imine (C=N–C) groups is 1. The molecule has 11 nitrogen and oxygen atoms in total. The second-order valence-electron chi connectivity index (χ2n) is 6.69. The van der Waals surface area contributed by atoms with Crippen LogP contribution < -0.4 is 31.0 Å². The first-order valence-corrected chi connectivity index (χ1v) is 10.8. The second-order valence-corrected chi connectivity index (χ2v) is 8.25. The molecule has 32 heavy (non-hydrogen) atoms. The molecule has 2 aromatic carbocycles. The van der Waals surface area contributed by atoms with E-state index in [0.717, 1.165) is 0 Å². The lowest BCUT2D eigenvalue weighted by molar-refractivity contribution is -0.119. The van der Waals surface area contributed by atoms with Crippen molar-refractivity contribution in [2.75, 3.05) is 26.1 Å². The molecule has 0 spiro atoms. The Morgan fingerprint density at radius 1 is 1.03 bits per heavy atom. The van der Waals surface area contributed by atoms with Gasteiger partial charge in [-0.1, -0.05) is 12.1 Å². The monoisotopic (exact) mass is 463 g/mol. The number of anilines is 1. The number of hydrogen-bond acceptors (Lipinski definition) is 7. The predicted octanol–water partition coefficient (Wildman–Crippen LogP) is 0.272. The van der Waals surface area contributed by atoms with Crippen LogP contribution in [0.15, 0.2) is 46.3 Å². The molecule has 2 rings (SSSR count). The summed E-state index contributed by atoms with van der Waals surface area (Å²) in [5.41, 5.74) is 7.24. The molecular formula is C20H25N5O6S. The summed E-state index contributed by atoms with van der Waals surface area (Å²) in [7, 11) is -0.913. The number of rotatable bonds is 8. The highest BCUT2D eigenvalue weighted by Gasteiger charge is 2.13. The van der Waals surface area contributed by atoms with Crippen molar-refractivity contribution < 1.29 is 27.5 Å². The fourth-order valence-electron chi connectivity index (χ4n) is 2.66. The van der Waals surface area contributed by atoms with Crippen molar-refractivity contribution in [1.29, 1.82) is 0 Å². The van der Waals surface area contributed by atoms with E-state index < -0.39 is 21.8 Å². The van der Waals surface area contributed by atoms with Gasteiger partial charge in [0.1, 0.15) is 6.54 Å². The Labute approximate surface area is 185 Å². The number of amides is 2. The first-order valence-electron chi connectivity index (χ1n) is 9.27. The molecule has 0 bridgehead atoms. The van der Waals surface area contributed by atoms with Gasteiger partial charge in [-0.2, -0.15) is 0 Å². The molecule has 172 valence electrons. The van der Waals surface area contributed by atoms with Gasteiger partial charge in [-0.05, 0) is 42.3 Å². The molecule has 0 unspecified atom stereocenters. The lowest BCUT2D eigenvalue weighted by Crippen LogP contribution is -2.38. The smallest absolute Gasteiger partial charge is 0.246 e. The highest BCUT2D eigenvalue weighted by Crippen LogP contribution is 2.27. The van der Waals surface area contributed by atoms with E-state index in [4.69, 9.17) is 20.3 Å². The van der Waals surface area contributed by atoms with Gasteiger partial charge in [0.05, 0.1) is 25.5 Å². The number of sulfonamides is 1. The normalized spacial score (nSPS) is 11.6. The summed E-state index contributed by atoms with van der Waals surface area (Å²) in [6, 6.07) is 9.15. The number of hydrogen-bond donors (Lipinski definition) is 4. The van der Waals surface area contributed by atoms with Crippen LogP contribution >= 0.6 is 0 Å². The molecule has 12 heteroatoms. The van der Waals surface area contributed by atoms with Crippen molar-refractivity contribution in [3.05, 3.63) is 47.5 Å². The zero-order valence-corrected chi connectivity index (χ0v) is 18.7. The fraction of sp³-hybridized carbons (Fsp3) is 0.250. The maximum absolute atomic E-state index is 12.2. The zero-order chi connectivity index (χ0) is 23.9. The standard InChI is InChI=1S/C20H25N5O6S/c1-12-4-6-14(32(22,28)29)10-15(12)24-19(27)11-23-20(21)25-18(26)9-13-5-7-16(30-2)17(8-13)31-3/h4-8,10H,9,11H2,1-3H3,(H,24,27)(H2,22,28,29)(H3,21,23,25,26). The molecule has 2 amide bonds. The van der Waals surface area contributed by atoms with Crippen LogP contribution in [0.2, 0.25) is 0 Å². The van der Waals surface area contributed by atoms with Crippen LogP contribution in [0.3, 0.4) is 0 Å². The molecule has 0 saturated carbocycles. The van der Waals surface area contributed by atoms with Gasteiger partial charge in [0.2, 0.25) is 21.8 Å². The Morgan fingerprint density at radius 2 is 1.72 bits per heavy atom. The summed E-state index contributed by atoms with van der Waals surface area (Å²) in [5.74, 6) is -0.209. The molecule has 0 aliphatic rings. The molecule has 0 saturated heterocycles. The van der Waals surface area contributed by atoms with Crippen LogP contribution in [0, 0.1) is 6.92 Å². The minimum absolute atomic E-state index is 0.00230. The third kappa shape index (κ3) is 6.96. The molecule has 0 heterocycles. The lowest BCUT2D eigenvalue weighted by Gasteiger charge is -2.10. The second kappa shape index (κ2) is 10.6. The fourth-order valence-corrected chi connectivity index (χ4v) is 3.20. The lowest BCUT2D eigenvalue weighted by atomic mass is 10.1. The predicted molar refractivity (Wildman–Crippen MR) is 119 cm³/mol. The van der Waals surface area contributed by atoms with E-state index in [-0.39, 0.29) is 29.5 Å². The molecule has 6 N–H and O–H groups in total. The molecule has 2 aromatic rings. The van der Waals surface area contributed by atoms with Crippen LogP contribution in [0.5, 0.6) is 11.5 Å². The number of methoxy groups -OCH3 is 2. The summed E-state index contributed by atoms with van der Waals surface area (Å²) in [6.07, 6.45) is 0.00230. The number of primary sulfonamides is 1. The summed E-state index contributed by atoms with van der Waals surface area (Å²) in [6.45, 7) is 1.30. The molecule has 0 aromatic heterocycles. The van der Waals surface area contributed by atoms with Crippen molar-refractivity contribution >= 4 is 33.5 Å². The number of guanidine groups is 1. The molecule has 0 radical (unpaired) electrons. The van der Waals surface area contributed by atoms with Crippen LogP contribution in [-0.2, 0) is 26.0 Å². The largest absolute Gasteiger partial charge is 0.493 e. The Hall–Kier alpha value is -3.64. The van der Waals surface area contributed by atoms with Crippen molar-refractivity contribution in [3.8, 4) is 11.5 Å². The minimum atomic E-state index is -3.91. The third-order valence-corrected chi connectivity index (χ3v) is 5.20. The van der Waals surface area contributed by atoms with Crippen LogP contribution in [-0.4, -0.2) is 47.0 Å². The quantitative estimate of drug-likeness (QED) is 0.321. The minimum Gasteiger partial charge on any atom is -0.493 e. The average Bonchev–Trinajstić information content (AvgIpc) is 2.72. The maximum atomic E-state index is 12.2. The van der Waals surface area contributed by atoms with E-state index >= 15 is 0 Å². The molecule has 0 fully saturated rings. The Kier molecular flexibility index (Phi) is 8.15. The molecular weight excluding hydrogens is 438 g/mol. The zero-order valence-electron chi connectivity index (χ0n) is 17.8. The first kappa shape index (κ1) is 24.6. The van der Waals surface area contributed by atoms with Gasteiger partial charge in [-0.15, -0.1) is 0 Å². The van der Waals surface area contributed by atoms with Crippen LogP contribution in [0.25, 0.3) is 0 Å². The summed E-state index contributed by atoms with van der Waals surface area (Å²) in [5, 5.41) is 10.0. The van der Waals surface area contributed by atoms with Gasteiger partial charge < -0.3 is 20.5 Å². The van der Waals surface area contributed by atoms with E-state index in [1.165, 1.54) is 32.4 Å². The Bertz CT molecular complexity index is 1150. The topological polar surface area (TPSA) is 175 Å². The Balaban J connectivity index is 1.95. The van der Waals surface area contributed by atoms with Crippen LogP contribution in [0.4, 0.5) is 5.69 Å². The highest BCUT2D eigenvalue weighted by molar-refractivity contribution is 7.89. The number of carbonyl (C=O) groups is 2. The van der Waals surface area contributed by atoms with E-state index in [1.807, 2.05) is 0 Å². The van der Waals surface area contributed by atoms with Crippen molar-refractivity contribution in [2.24, 2.45) is 15.9 Å². The SMILES string of the molecule is COc1ccc(CC(=O)NC(N)=NCC(=O)Nc2cc(S(N)(=O)=O)ccc2C)cc1OC. The number of carbonyl (C=O) groups excluding carboxylic acids is 2.